The molecule has 0 aromatic rings. The number of aliphatic hydroxyl groups excluding tert-OH is 2. The maximum atomic E-state index is 9.95. The first-order chi connectivity index (χ1) is 9.80. The Morgan fingerprint density at radius 2 is 2.00 bits per heavy atom. The molecular weight excluding hydrogens is 274 g/mol. The Hall–Kier alpha value is 0.215. The van der Waals surface area contributed by atoms with Crippen LogP contribution in [-0.4, -0.2) is 73.5 Å². The summed E-state index contributed by atoms with van der Waals surface area (Å²) in [5.74, 6) is 0. The third-order valence-corrected chi connectivity index (χ3v) is 4.03. The molecule has 0 saturated carbocycles. The zero-order valence-electron chi connectivity index (χ0n) is 12.3. The predicted octanol–water partition coefficient (Wildman–Crippen LogP) is -0.842. The summed E-state index contributed by atoms with van der Waals surface area (Å²) in [5.41, 5.74) is 0. The van der Waals surface area contributed by atoms with Crippen molar-refractivity contribution >= 4 is 15.4 Å². The predicted molar refractivity (Wildman–Crippen MR) is 67.5 cm³/mol. The van der Waals surface area contributed by atoms with E-state index in [2.05, 4.69) is 0 Å². The fourth-order valence-corrected chi connectivity index (χ4v) is 2.89. The number of aliphatic hydroxyl groups is 2. The SMILES string of the molecule is [3H][C@H]1CC(O)[C@@H](CO[P+]([B-])(O)OC2C[C@H]([3H])O[C@@H]2CO)O1. The van der Waals surface area contributed by atoms with Gasteiger partial charge in [-0.05, 0) is 6.42 Å². The second-order valence-corrected chi connectivity index (χ2v) is 6.00. The van der Waals surface area contributed by atoms with Gasteiger partial charge in [-0.25, -0.2) is 13.9 Å². The monoisotopic (exact) mass is 297 g/mol. The molecule has 9 heteroatoms. The van der Waals surface area contributed by atoms with Crippen LogP contribution >= 0.6 is 7.82 Å². The molecule has 19 heavy (non-hydrogen) atoms. The molecule has 2 aliphatic rings. The van der Waals surface area contributed by atoms with Gasteiger partial charge in [0.05, 0.1) is 15.5 Å². The van der Waals surface area contributed by atoms with Gasteiger partial charge in [0, 0.05) is 19.6 Å². The maximum absolute atomic E-state index is 9.95. The minimum Gasteiger partial charge on any atom is -0.394 e. The van der Waals surface area contributed by atoms with E-state index in [1.54, 1.807) is 0 Å². The zero-order valence-corrected chi connectivity index (χ0v) is 11.2. The van der Waals surface area contributed by atoms with Gasteiger partial charge in [-0.1, -0.05) is 0 Å². The lowest BCUT2D eigenvalue weighted by molar-refractivity contribution is -0.0115. The normalized spacial score (nSPS) is 47.8. The maximum Gasteiger partial charge on any atom is 0.132 e. The summed E-state index contributed by atoms with van der Waals surface area (Å²) in [6, 6.07) is 0. The molecule has 3 unspecified atom stereocenters. The molecule has 0 aromatic carbocycles. The third kappa shape index (κ3) is 4.34. The molecule has 2 heterocycles. The van der Waals surface area contributed by atoms with Gasteiger partial charge in [-0.15, -0.1) is 0 Å². The van der Waals surface area contributed by atoms with Crippen molar-refractivity contribution in [3.05, 3.63) is 0 Å². The summed E-state index contributed by atoms with van der Waals surface area (Å²) < 4.78 is 35.3. The summed E-state index contributed by atoms with van der Waals surface area (Å²) in [5, 5.41) is 18.7. The molecule has 0 spiro atoms. The lowest BCUT2D eigenvalue weighted by Gasteiger charge is -2.30. The molecule has 0 bridgehead atoms. The molecule has 2 saturated heterocycles. The Labute approximate surface area is 116 Å². The van der Waals surface area contributed by atoms with Crippen LogP contribution in [0.15, 0.2) is 0 Å². The van der Waals surface area contributed by atoms with Crippen molar-refractivity contribution in [2.24, 2.45) is 0 Å². The Balaban J connectivity index is 1.81. The average molecular weight is 297 g/mol. The molecule has 3 N–H and O–H groups in total. The fourth-order valence-electron chi connectivity index (χ4n) is 1.86. The lowest BCUT2D eigenvalue weighted by atomic mass is 10.2. The van der Waals surface area contributed by atoms with E-state index in [1.165, 1.54) is 0 Å². The molecular formula is C10H19BO7P. The van der Waals surface area contributed by atoms with Crippen LogP contribution < -0.4 is 0 Å². The van der Waals surface area contributed by atoms with Crippen LogP contribution in [0.4, 0.5) is 0 Å². The first-order valence-electron chi connectivity index (χ1n) is 7.14. The molecule has 0 aliphatic carbocycles. The van der Waals surface area contributed by atoms with Crippen LogP contribution in [0.1, 0.15) is 15.6 Å². The first-order valence-corrected chi connectivity index (χ1v) is 7.63. The molecule has 2 rings (SSSR count). The van der Waals surface area contributed by atoms with Crippen molar-refractivity contribution in [1.82, 2.24) is 0 Å². The van der Waals surface area contributed by atoms with E-state index in [0.29, 0.717) is 0 Å². The van der Waals surface area contributed by atoms with Gasteiger partial charge in [0.1, 0.15) is 32.7 Å². The molecule has 2 fully saturated rings. The van der Waals surface area contributed by atoms with Crippen molar-refractivity contribution in [3.8, 4) is 0 Å². The Kier molecular flexibility index (Phi) is 4.61. The van der Waals surface area contributed by atoms with Gasteiger partial charge in [0.25, 0.3) is 0 Å². The van der Waals surface area contributed by atoms with E-state index in [1.807, 2.05) is 0 Å². The minimum atomic E-state index is -3.69. The molecule has 2 aliphatic heterocycles. The van der Waals surface area contributed by atoms with E-state index in [4.69, 9.17) is 33.9 Å². The van der Waals surface area contributed by atoms with Crippen molar-refractivity contribution in [2.45, 2.75) is 37.3 Å². The Morgan fingerprint density at radius 1 is 1.32 bits per heavy atom. The number of ether oxygens (including phenoxy) is 2. The summed E-state index contributed by atoms with van der Waals surface area (Å²) in [4.78, 5) is 9.95. The molecule has 7 nitrogen and oxygen atoms in total. The van der Waals surface area contributed by atoms with Gasteiger partial charge in [-0.3, -0.25) is 0 Å². The van der Waals surface area contributed by atoms with E-state index in [9.17, 15) is 10.00 Å². The van der Waals surface area contributed by atoms with E-state index in [0.717, 1.165) is 0 Å². The van der Waals surface area contributed by atoms with Crippen LogP contribution in [0, 0.1) is 0 Å². The third-order valence-electron chi connectivity index (χ3n) is 2.94. The van der Waals surface area contributed by atoms with E-state index >= 15 is 0 Å². The van der Waals surface area contributed by atoms with Crippen LogP contribution in [0.3, 0.4) is 0 Å². The van der Waals surface area contributed by atoms with Crippen molar-refractivity contribution < 1.29 is 36.4 Å². The highest BCUT2D eigenvalue weighted by Crippen LogP contribution is 2.54. The Bertz CT molecular complexity index is 353. The standard InChI is InChI=1S/C10H19BO7P/c11-19(14,17-6-10-7(13)1-3-16-10)18-8-2-4-15-9(8)5-12/h7-10,12-14H,1-6H2/t7?,8?,9-,10-,19?/m1/s1/i3T,4T/t3-,4-,7?,8?,9+,10+,19?/m0. The minimum absolute atomic E-state index is 0.158. The summed E-state index contributed by atoms with van der Waals surface area (Å²) in [6.45, 7) is -2.25. The van der Waals surface area contributed by atoms with Gasteiger partial charge in [-0.2, -0.15) is 7.57 Å². The quantitative estimate of drug-likeness (QED) is 0.434. The van der Waals surface area contributed by atoms with Crippen molar-refractivity contribution in [2.75, 3.05) is 26.4 Å². The summed E-state index contributed by atoms with van der Waals surface area (Å²) >= 11 is 0. The summed E-state index contributed by atoms with van der Waals surface area (Å²) in [6.07, 6.45) is -2.75. The number of hydrogen-bond acceptors (Lipinski definition) is 7. The molecule has 0 amide bonds. The second-order valence-electron chi connectivity index (χ2n) is 4.41. The fraction of sp³-hybridized carbons (Fsp3) is 1.00. The smallest absolute Gasteiger partial charge is 0.132 e. The average Bonchev–Trinajstić information content (AvgIpc) is 2.88. The lowest BCUT2D eigenvalue weighted by Crippen LogP contribution is -2.30. The molecule has 0 aromatic heterocycles. The topological polar surface area (TPSA) is 97.6 Å². The molecule has 3 radical (unpaired) electrons. The number of rotatable bonds is 6. The van der Waals surface area contributed by atoms with Crippen LogP contribution in [0.5, 0.6) is 0 Å². The highest BCUT2D eigenvalue weighted by molar-refractivity contribution is 7.85. The van der Waals surface area contributed by atoms with Gasteiger partial charge in [0.2, 0.25) is 0 Å². The van der Waals surface area contributed by atoms with E-state index < -0.39 is 45.4 Å². The van der Waals surface area contributed by atoms with Gasteiger partial charge < -0.3 is 19.7 Å². The first kappa shape index (κ1) is 12.9. The van der Waals surface area contributed by atoms with Crippen LogP contribution in [0.2, 0.25) is 0 Å². The molecule has 7 atom stereocenters. The van der Waals surface area contributed by atoms with Crippen molar-refractivity contribution in [1.29, 1.82) is 0 Å². The Morgan fingerprint density at radius 3 is 2.63 bits per heavy atom. The van der Waals surface area contributed by atoms with Crippen molar-refractivity contribution in [3.63, 3.8) is 0 Å². The largest absolute Gasteiger partial charge is 0.394 e. The van der Waals surface area contributed by atoms with Gasteiger partial charge >= 0.3 is 0 Å². The summed E-state index contributed by atoms with van der Waals surface area (Å²) in [7, 11) is 1.86. The highest BCUT2D eigenvalue weighted by Gasteiger charge is 2.36. The highest BCUT2D eigenvalue weighted by atomic mass is 31.2. The van der Waals surface area contributed by atoms with Crippen LogP contribution in [-0.2, 0) is 18.5 Å². The van der Waals surface area contributed by atoms with Crippen LogP contribution in [0.25, 0.3) is 0 Å². The number of hydrogen-bond donors (Lipinski definition) is 3. The molecule has 109 valence electrons. The zero-order chi connectivity index (χ0) is 15.6. The second kappa shape index (κ2) is 6.78. The van der Waals surface area contributed by atoms with E-state index in [-0.39, 0.29) is 26.1 Å². The van der Waals surface area contributed by atoms with Gasteiger partial charge in [0.15, 0.2) is 0 Å².